The highest BCUT2D eigenvalue weighted by Crippen LogP contribution is 2.26. The molecule has 13 heavy (non-hydrogen) atoms. The monoisotopic (exact) mass is 316 g/mol. The van der Waals surface area contributed by atoms with E-state index in [1.54, 1.807) is 0 Å². The van der Waals surface area contributed by atoms with Crippen LogP contribution in [-0.4, -0.2) is 22.2 Å². The lowest BCUT2D eigenvalue weighted by Gasteiger charge is -2.29. The van der Waals surface area contributed by atoms with E-state index in [4.69, 9.17) is 9.47 Å². The molecule has 0 bridgehead atoms. The van der Waals surface area contributed by atoms with Gasteiger partial charge in [0, 0.05) is 6.61 Å². The van der Waals surface area contributed by atoms with Crippen LogP contribution in [0.25, 0.3) is 0 Å². The summed E-state index contributed by atoms with van der Waals surface area (Å²) in [7, 11) is 0. The Labute approximate surface area is 97.6 Å². The summed E-state index contributed by atoms with van der Waals surface area (Å²) in [6, 6.07) is 0. The van der Waals surface area contributed by atoms with E-state index >= 15 is 0 Å². The molecule has 0 radical (unpaired) electrons. The standard InChI is InChI=1S/C9H18Br2O2/c1-5-12-7(2)13-9(3,4)6-8(10)11/h7-8H,5-6H2,1-4H3. The largest absolute Gasteiger partial charge is 0.353 e. The molecule has 0 saturated carbocycles. The first kappa shape index (κ1) is 13.9. The van der Waals surface area contributed by atoms with E-state index in [9.17, 15) is 0 Å². The van der Waals surface area contributed by atoms with Crippen molar-refractivity contribution in [2.24, 2.45) is 0 Å². The summed E-state index contributed by atoms with van der Waals surface area (Å²) in [6.07, 6.45) is 0.753. The molecule has 1 atom stereocenters. The number of ether oxygens (including phenoxy) is 2. The highest BCUT2D eigenvalue weighted by molar-refractivity contribution is 9.24. The van der Waals surface area contributed by atoms with Crippen LogP contribution in [-0.2, 0) is 9.47 Å². The van der Waals surface area contributed by atoms with Gasteiger partial charge in [-0.15, -0.1) is 0 Å². The van der Waals surface area contributed by atoms with Crippen molar-refractivity contribution in [1.29, 1.82) is 0 Å². The molecule has 0 aliphatic carbocycles. The van der Waals surface area contributed by atoms with Gasteiger partial charge < -0.3 is 9.47 Å². The summed E-state index contributed by atoms with van der Waals surface area (Å²) >= 11 is 6.87. The molecular weight excluding hydrogens is 300 g/mol. The van der Waals surface area contributed by atoms with Crippen LogP contribution in [0.4, 0.5) is 0 Å². The topological polar surface area (TPSA) is 18.5 Å². The van der Waals surface area contributed by atoms with Crippen molar-refractivity contribution in [1.82, 2.24) is 0 Å². The third kappa shape index (κ3) is 7.91. The van der Waals surface area contributed by atoms with Crippen molar-refractivity contribution < 1.29 is 9.47 Å². The second kappa shape index (κ2) is 6.38. The summed E-state index contributed by atoms with van der Waals surface area (Å²) < 4.78 is 11.3. The molecule has 0 N–H and O–H groups in total. The average Bonchev–Trinajstić information content (AvgIpc) is 1.81. The minimum absolute atomic E-state index is 0.140. The molecule has 0 spiro atoms. The Morgan fingerprint density at radius 3 is 2.23 bits per heavy atom. The van der Waals surface area contributed by atoms with Gasteiger partial charge in [-0.2, -0.15) is 0 Å². The van der Waals surface area contributed by atoms with Crippen LogP contribution in [0, 0.1) is 0 Å². The van der Waals surface area contributed by atoms with E-state index in [0.29, 0.717) is 6.61 Å². The third-order valence-electron chi connectivity index (χ3n) is 1.53. The van der Waals surface area contributed by atoms with Gasteiger partial charge in [-0.1, -0.05) is 31.9 Å². The summed E-state index contributed by atoms with van der Waals surface area (Å²) in [5, 5.41) is 0. The van der Waals surface area contributed by atoms with Gasteiger partial charge in [0.1, 0.15) is 0 Å². The van der Waals surface area contributed by atoms with Gasteiger partial charge in [0.15, 0.2) is 6.29 Å². The van der Waals surface area contributed by atoms with E-state index in [2.05, 4.69) is 45.7 Å². The van der Waals surface area contributed by atoms with Gasteiger partial charge in [0.25, 0.3) is 0 Å². The van der Waals surface area contributed by atoms with Crippen LogP contribution < -0.4 is 0 Å². The minimum atomic E-state index is -0.174. The van der Waals surface area contributed by atoms with Crippen LogP contribution in [0.5, 0.6) is 0 Å². The molecule has 1 unspecified atom stereocenters. The lowest BCUT2D eigenvalue weighted by molar-refractivity contribution is -0.189. The Bertz CT molecular complexity index is 138. The van der Waals surface area contributed by atoms with Gasteiger partial charge in [0.2, 0.25) is 0 Å². The number of hydrogen-bond acceptors (Lipinski definition) is 2. The molecule has 0 rings (SSSR count). The Morgan fingerprint density at radius 1 is 1.31 bits per heavy atom. The summed E-state index contributed by atoms with van der Waals surface area (Å²) in [5.41, 5.74) is -0.174. The van der Waals surface area contributed by atoms with Crippen LogP contribution in [0.1, 0.15) is 34.1 Å². The van der Waals surface area contributed by atoms with Crippen molar-refractivity contribution in [2.45, 2.75) is 49.7 Å². The fourth-order valence-electron chi connectivity index (χ4n) is 1.14. The molecular formula is C9H18Br2O2. The van der Waals surface area contributed by atoms with Crippen molar-refractivity contribution in [2.75, 3.05) is 6.61 Å². The maximum atomic E-state index is 5.71. The molecule has 0 aliphatic heterocycles. The third-order valence-corrected chi connectivity index (χ3v) is 2.18. The highest BCUT2D eigenvalue weighted by atomic mass is 79.9. The van der Waals surface area contributed by atoms with Gasteiger partial charge in [-0.25, -0.2) is 0 Å². The molecule has 4 heteroatoms. The Morgan fingerprint density at radius 2 is 1.85 bits per heavy atom. The normalized spacial score (nSPS) is 15.0. The minimum Gasteiger partial charge on any atom is -0.353 e. The molecule has 2 nitrogen and oxygen atoms in total. The first-order valence-electron chi connectivity index (χ1n) is 4.45. The number of rotatable bonds is 6. The van der Waals surface area contributed by atoms with Crippen molar-refractivity contribution in [3.8, 4) is 0 Å². The van der Waals surface area contributed by atoms with Crippen LogP contribution in [0.3, 0.4) is 0 Å². The van der Waals surface area contributed by atoms with Gasteiger partial charge >= 0.3 is 0 Å². The molecule has 0 aliphatic rings. The van der Waals surface area contributed by atoms with Crippen LogP contribution >= 0.6 is 31.9 Å². The maximum absolute atomic E-state index is 5.71. The molecule has 0 heterocycles. The molecule has 0 amide bonds. The van der Waals surface area contributed by atoms with Crippen molar-refractivity contribution >= 4 is 31.9 Å². The Balaban J connectivity index is 3.85. The highest BCUT2D eigenvalue weighted by Gasteiger charge is 2.24. The van der Waals surface area contributed by atoms with Gasteiger partial charge in [-0.3, -0.25) is 0 Å². The average molecular weight is 318 g/mol. The molecule has 80 valence electrons. The summed E-state index contributed by atoms with van der Waals surface area (Å²) in [5.74, 6) is 0. The van der Waals surface area contributed by atoms with Gasteiger partial charge in [0.05, 0.1) is 9.34 Å². The predicted molar refractivity (Wildman–Crippen MR) is 62.5 cm³/mol. The fourth-order valence-corrected chi connectivity index (χ4v) is 2.70. The second-order valence-electron chi connectivity index (χ2n) is 3.50. The zero-order valence-corrected chi connectivity index (χ0v) is 11.8. The van der Waals surface area contributed by atoms with E-state index in [1.807, 2.05) is 13.8 Å². The maximum Gasteiger partial charge on any atom is 0.155 e. The first-order valence-corrected chi connectivity index (χ1v) is 6.28. The quantitative estimate of drug-likeness (QED) is 0.549. The lowest BCUT2D eigenvalue weighted by atomic mass is 10.1. The summed E-state index contributed by atoms with van der Waals surface area (Å²) in [6.45, 7) is 8.67. The van der Waals surface area contributed by atoms with E-state index in [1.165, 1.54) is 0 Å². The molecule has 0 aromatic rings. The summed E-state index contributed by atoms with van der Waals surface area (Å²) in [4.78, 5) is 0. The van der Waals surface area contributed by atoms with E-state index in [0.717, 1.165) is 6.42 Å². The SMILES string of the molecule is CCOC(C)OC(C)(C)CC(Br)Br. The lowest BCUT2D eigenvalue weighted by Crippen LogP contribution is -2.32. The molecule has 0 aromatic heterocycles. The van der Waals surface area contributed by atoms with E-state index < -0.39 is 0 Å². The number of alkyl halides is 2. The Hall–Kier alpha value is 0.880. The van der Waals surface area contributed by atoms with Crippen molar-refractivity contribution in [3.63, 3.8) is 0 Å². The van der Waals surface area contributed by atoms with Crippen molar-refractivity contribution in [3.05, 3.63) is 0 Å². The second-order valence-corrected chi connectivity index (χ2v) is 6.94. The smallest absolute Gasteiger partial charge is 0.155 e. The fraction of sp³-hybridized carbons (Fsp3) is 1.00. The number of halogens is 2. The van der Waals surface area contributed by atoms with E-state index in [-0.39, 0.29) is 15.6 Å². The molecule has 0 saturated heterocycles. The van der Waals surface area contributed by atoms with Crippen LogP contribution in [0.2, 0.25) is 0 Å². The zero-order chi connectivity index (χ0) is 10.5. The number of hydrogen-bond donors (Lipinski definition) is 0. The van der Waals surface area contributed by atoms with Crippen LogP contribution in [0.15, 0.2) is 0 Å². The predicted octanol–water partition coefficient (Wildman–Crippen LogP) is 3.67. The molecule has 0 aromatic carbocycles. The van der Waals surface area contributed by atoms with Gasteiger partial charge in [-0.05, 0) is 34.1 Å². The Kier molecular flexibility index (Phi) is 6.81. The zero-order valence-electron chi connectivity index (χ0n) is 8.64. The molecule has 0 fully saturated rings. The first-order chi connectivity index (χ1) is 5.87.